The second kappa shape index (κ2) is 7.17. The number of rotatable bonds is 3. The zero-order valence-electron chi connectivity index (χ0n) is 14.5. The van der Waals surface area contributed by atoms with Crippen molar-refractivity contribution in [1.29, 1.82) is 5.26 Å². The lowest BCUT2D eigenvalue weighted by atomic mass is 10.2. The van der Waals surface area contributed by atoms with Crippen molar-refractivity contribution in [3.05, 3.63) is 59.4 Å². The van der Waals surface area contributed by atoms with Crippen molar-refractivity contribution >= 4 is 21.7 Å². The van der Waals surface area contributed by atoms with Crippen LogP contribution in [0.3, 0.4) is 0 Å². The number of hydrogen-bond donors (Lipinski definition) is 0. The van der Waals surface area contributed by atoms with Gasteiger partial charge in [0.1, 0.15) is 11.8 Å². The molecule has 1 fully saturated rings. The van der Waals surface area contributed by atoms with Crippen LogP contribution in [0.4, 0.5) is 0 Å². The normalized spacial score (nSPS) is 14.1. The van der Waals surface area contributed by atoms with Gasteiger partial charge in [-0.1, -0.05) is 12.1 Å². The van der Waals surface area contributed by atoms with Crippen LogP contribution in [0.2, 0.25) is 0 Å². The smallest absolute Gasteiger partial charge is 0.267 e. The minimum absolute atomic E-state index is 0.0256. The zero-order chi connectivity index (χ0) is 19.6. The van der Waals surface area contributed by atoms with Crippen LogP contribution >= 0.6 is 0 Å². The van der Waals surface area contributed by atoms with Crippen molar-refractivity contribution in [2.75, 3.05) is 19.3 Å². The average Bonchev–Trinajstić information content (AvgIpc) is 3.16. The molecule has 0 radical (unpaired) electrons. The van der Waals surface area contributed by atoms with Gasteiger partial charge in [0.15, 0.2) is 9.84 Å². The minimum Gasteiger partial charge on any atom is -0.267 e. The topological polar surface area (TPSA) is 111 Å². The minimum atomic E-state index is -3.60. The van der Waals surface area contributed by atoms with Crippen LogP contribution in [0.25, 0.3) is 0 Å². The van der Waals surface area contributed by atoms with Gasteiger partial charge in [0, 0.05) is 25.5 Å². The summed E-state index contributed by atoms with van der Waals surface area (Å²) >= 11 is 0. The molecule has 0 spiro atoms. The Balaban J connectivity index is 1.92. The van der Waals surface area contributed by atoms with Crippen LogP contribution in [-0.4, -0.2) is 54.6 Å². The molecule has 1 aliphatic heterocycles. The molecule has 0 saturated carbocycles. The maximum atomic E-state index is 13.0. The number of hydrazine groups is 1. The van der Waals surface area contributed by atoms with Gasteiger partial charge in [0.2, 0.25) is 0 Å². The first-order chi connectivity index (χ1) is 12.8. The second-order valence-corrected chi connectivity index (χ2v) is 8.01. The van der Waals surface area contributed by atoms with Gasteiger partial charge < -0.3 is 0 Å². The molecule has 2 heterocycles. The SMILES string of the molecule is CS(=O)(=O)c1ccccc1C(=O)N1CCCN1C(=O)c1ccc(C#N)nc1. The van der Waals surface area contributed by atoms with Gasteiger partial charge in [-0.25, -0.2) is 23.4 Å². The monoisotopic (exact) mass is 384 g/mol. The molecule has 27 heavy (non-hydrogen) atoms. The van der Waals surface area contributed by atoms with Crippen molar-refractivity contribution in [2.24, 2.45) is 0 Å². The van der Waals surface area contributed by atoms with Gasteiger partial charge in [-0.15, -0.1) is 0 Å². The molecule has 9 heteroatoms. The summed E-state index contributed by atoms with van der Waals surface area (Å²) < 4.78 is 24.0. The van der Waals surface area contributed by atoms with Crippen LogP contribution in [-0.2, 0) is 9.84 Å². The summed E-state index contributed by atoms with van der Waals surface area (Å²) in [4.78, 5) is 29.5. The van der Waals surface area contributed by atoms with Crippen molar-refractivity contribution in [3.63, 3.8) is 0 Å². The van der Waals surface area contributed by atoms with E-state index >= 15 is 0 Å². The molecule has 1 saturated heterocycles. The summed E-state index contributed by atoms with van der Waals surface area (Å²) in [7, 11) is -3.60. The number of pyridine rings is 1. The Labute approximate surface area is 156 Å². The molecule has 1 aliphatic rings. The number of carbonyl (C=O) groups is 2. The van der Waals surface area contributed by atoms with Gasteiger partial charge in [0.05, 0.1) is 16.0 Å². The number of nitriles is 1. The predicted molar refractivity (Wildman–Crippen MR) is 95.2 cm³/mol. The van der Waals surface area contributed by atoms with E-state index in [-0.39, 0.29) is 21.7 Å². The number of aromatic nitrogens is 1. The van der Waals surface area contributed by atoms with Gasteiger partial charge in [-0.05, 0) is 30.7 Å². The lowest BCUT2D eigenvalue weighted by Crippen LogP contribution is -2.45. The fourth-order valence-corrected chi connectivity index (χ4v) is 3.76. The zero-order valence-corrected chi connectivity index (χ0v) is 15.3. The van der Waals surface area contributed by atoms with E-state index in [9.17, 15) is 18.0 Å². The third-order valence-corrected chi connectivity index (χ3v) is 5.30. The van der Waals surface area contributed by atoms with E-state index in [1.165, 1.54) is 40.5 Å². The van der Waals surface area contributed by atoms with E-state index < -0.39 is 21.7 Å². The molecule has 138 valence electrons. The van der Waals surface area contributed by atoms with Gasteiger partial charge >= 0.3 is 0 Å². The van der Waals surface area contributed by atoms with Gasteiger partial charge in [0.25, 0.3) is 11.8 Å². The first kappa shape index (κ1) is 18.5. The number of carbonyl (C=O) groups excluding carboxylic acids is 2. The van der Waals surface area contributed by atoms with Crippen molar-refractivity contribution in [2.45, 2.75) is 11.3 Å². The van der Waals surface area contributed by atoms with Crippen LogP contribution < -0.4 is 0 Å². The lowest BCUT2D eigenvalue weighted by Gasteiger charge is -2.28. The highest BCUT2D eigenvalue weighted by molar-refractivity contribution is 7.90. The van der Waals surface area contributed by atoms with E-state index in [0.29, 0.717) is 19.5 Å². The van der Waals surface area contributed by atoms with Gasteiger partial charge in [-0.2, -0.15) is 5.26 Å². The summed E-state index contributed by atoms with van der Waals surface area (Å²) in [5, 5.41) is 11.3. The maximum absolute atomic E-state index is 13.0. The molecule has 0 N–H and O–H groups in total. The molecule has 1 aromatic heterocycles. The van der Waals surface area contributed by atoms with E-state index in [0.717, 1.165) is 6.26 Å². The van der Waals surface area contributed by atoms with Crippen molar-refractivity contribution in [1.82, 2.24) is 15.0 Å². The predicted octanol–water partition coefficient (Wildman–Crippen LogP) is 1.26. The maximum Gasteiger partial charge on any atom is 0.274 e. The quantitative estimate of drug-likeness (QED) is 0.788. The fourth-order valence-electron chi connectivity index (χ4n) is 2.88. The van der Waals surface area contributed by atoms with Crippen LogP contribution in [0, 0.1) is 11.3 Å². The number of amides is 2. The fraction of sp³-hybridized carbons (Fsp3) is 0.222. The summed E-state index contributed by atoms with van der Waals surface area (Å²) in [5.74, 6) is -0.988. The molecule has 2 aromatic rings. The summed E-state index contributed by atoms with van der Waals surface area (Å²) in [6, 6.07) is 10.7. The Kier molecular flexibility index (Phi) is 4.92. The molecule has 0 bridgehead atoms. The summed E-state index contributed by atoms with van der Waals surface area (Å²) in [6.45, 7) is 0.623. The average molecular weight is 384 g/mol. The van der Waals surface area contributed by atoms with E-state index in [2.05, 4.69) is 4.98 Å². The Bertz CT molecular complexity index is 1040. The molecule has 0 atom stereocenters. The number of sulfone groups is 1. The van der Waals surface area contributed by atoms with Gasteiger partial charge in [-0.3, -0.25) is 9.59 Å². The van der Waals surface area contributed by atoms with Crippen molar-refractivity contribution in [3.8, 4) is 6.07 Å². The molecule has 3 rings (SSSR count). The Hall–Kier alpha value is -3.25. The highest BCUT2D eigenvalue weighted by atomic mass is 32.2. The van der Waals surface area contributed by atoms with Crippen LogP contribution in [0.1, 0.15) is 32.8 Å². The van der Waals surface area contributed by atoms with Crippen molar-refractivity contribution < 1.29 is 18.0 Å². The van der Waals surface area contributed by atoms with Crippen LogP contribution in [0.15, 0.2) is 47.5 Å². The van der Waals surface area contributed by atoms with E-state index in [1.54, 1.807) is 12.1 Å². The molecule has 0 aliphatic carbocycles. The molecule has 8 nitrogen and oxygen atoms in total. The molecule has 0 unspecified atom stereocenters. The molecular weight excluding hydrogens is 368 g/mol. The second-order valence-electron chi connectivity index (χ2n) is 6.02. The molecule has 2 amide bonds. The number of hydrogen-bond acceptors (Lipinski definition) is 6. The highest BCUT2D eigenvalue weighted by Crippen LogP contribution is 2.22. The van der Waals surface area contributed by atoms with Crippen LogP contribution in [0.5, 0.6) is 0 Å². The highest BCUT2D eigenvalue weighted by Gasteiger charge is 2.33. The lowest BCUT2D eigenvalue weighted by molar-refractivity contribution is 0.0183. The largest absolute Gasteiger partial charge is 0.274 e. The third kappa shape index (κ3) is 3.66. The molecular formula is C18H16N4O4S. The number of benzene rings is 1. The number of nitrogens with zero attached hydrogens (tertiary/aromatic N) is 4. The standard InChI is InChI=1S/C18H16N4O4S/c1-27(25,26)16-6-3-2-5-15(16)18(24)22-10-4-9-21(22)17(23)13-7-8-14(11-19)20-12-13/h2-3,5-8,12H,4,9-10H2,1H3. The first-order valence-corrected chi connectivity index (χ1v) is 10.0. The Morgan fingerprint density at radius 2 is 1.74 bits per heavy atom. The summed E-state index contributed by atoms with van der Waals surface area (Å²) in [5.41, 5.74) is 0.450. The van der Waals surface area contributed by atoms with E-state index in [1.807, 2.05) is 6.07 Å². The van der Waals surface area contributed by atoms with E-state index in [4.69, 9.17) is 5.26 Å². The Morgan fingerprint density at radius 1 is 1.07 bits per heavy atom. The summed E-state index contributed by atoms with van der Waals surface area (Å²) in [6.07, 6.45) is 2.89. The molecule has 1 aromatic carbocycles. The Morgan fingerprint density at radius 3 is 2.33 bits per heavy atom. The first-order valence-electron chi connectivity index (χ1n) is 8.12. The third-order valence-electron chi connectivity index (χ3n) is 4.14.